The predicted molar refractivity (Wildman–Crippen MR) is 105 cm³/mol. The van der Waals surface area contributed by atoms with Crippen LogP contribution in [-0.4, -0.2) is 32.9 Å². The minimum Gasteiger partial charge on any atom is -0.467 e. The number of nitrogens with zero attached hydrogens (tertiary/aromatic N) is 1. The Bertz CT molecular complexity index is 814. The van der Waals surface area contributed by atoms with Gasteiger partial charge in [-0.15, -0.1) is 0 Å². The molecule has 0 bridgehead atoms. The summed E-state index contributed by atoms with van der Waals surface area (Å²) in [4.78, 5) is 4.21. The van der Waals surface area contributed by atoms with Crippen molar-refractivity contribution in [2.24, 2.45) is 4.99 Å². The highest BCUT2D eigenvalue weighted by atomic mass is 35.5. The molecule has 3 rings (SSSR count). The van der Waals surface area contributed by atoms with Crippen LogP contribution in [0.25, 0.3) is 0 Å². The topological polar surface area (TPSA) is 54.9 Å². The van der Waals surface area contributed by atoms with Gasteiger partial charge >= 0.3 is 0 Å². The molecule has 0 amide bonds. The van der Waals surface area contributed by atoms with E-state index in [0.29, 0.717) is 32.1 Å². The lowest BCUT2D eigenvalue weighted by Crippen LogP contribution is -2.39. The number of halogens is 2. The molecule has 7 heteroatoms. The van der Waals surface area contributed by atoms with E-state index in [-0.39, 0.29) is 12.6 Å². The molecule has 0 atom stereocenters. The molecule has 1 aliphatic rings. The first-order valence-corrected chi connectivity index (χ1v) is 9.25. The number of ether oxygens (including phenoxy) is 2. The SMILES string of the molecule is CN=C(NCCc1ccccc1Cl)NCCc1cc(F)cc2c1OCOC2. The highest BCUT2D eigenvalue weighted by molar-refractivity contribution is 6.31. The lowest BCUT2D eigenvalue weighted by Gasteiger charge is -2.21. The predicted octanol–water partition coefficient (Wildman–Crippen LogP) is 3.30. The Morgan fingerprint density at radius 3 is 2.63 bits per heavy atom. The summed E-state index contributed by atoms with van der Waals surface area (Å²) in [6, 6.07) is 10.8. The molecule has 0 spiro atoms. The fourth-order valence-corrected chi connectivity index (χ4v) is 3.23. The average molecular weight is 392 g/mol. The van der Waals surface area contributed by atoms with Crippen LogP contribution < -0.4 is 15.4 Å². The second kappa shape index (κ2) is 9.58. The summed E-state index contributed by atoms with van der Waals surface area (Å²) in [6.07, 6.45) is 1.41. The summed E-state index contributed by atoms with van der Waals surface area (Å²) in [5.74, 6) is 1.14. The molecule has 0 unspecified atom stereocenters. The van der Waals surface area contributed by atoms with Crippen molar-refractivity contribution in [3.8, 4) is 5.75 Å². The molecule has 0 fully saturated rings. The maximum absolute atomic E-state index is 13.8. The van der Waals surface area contributed by atoms with Gasteiger partial charge in [0.15, 0.2) is 12.8 Å². The number of guanidine groups is 1. The summed E-state index contributed by atoms with van der Waals surface area (Å²) in [7, 11) is 1.72. The number of nitrogens with one attached hydrogen (secondary N) is 2. The maximum atomic E-state index is 13.8. The Morgan fingerprint density at radius 2 is 1.89 bits per heavy atom. The van der Waals surface area contributed by atoms with Gasteiger partial charge in [0, 0.05) is 30.7 Å². The van der Waals surface area contributed by atoms with E-state index >= 15 is 0 Å². The van der Waals surface area contributed by atoms with E-state index in [1.807, 2.05) is 24.3 Å². The van der Waals surface area contributed by atoms with Gasteiger partial charge in [-0.2, -0.15) is 0 Å². The summed E-state index contributed by atoms with van der Waals surface area (Å²) in [5.41, 5.74) is 2.67. The molecule has 2 aromatic rings. The van der Waals surface area contributed by atoms with Crippen LogP contribution in [-0.2, 0) is 24.2 Å². The molecule has 0 aliphatic carbocycles. The minimum absolute atomic E-state index is 0.199. The van der Waals surface area contributed by atoms with Crippen LogP contribution in [0.5, 0.6) is 5.75 Å². The molecular formula is C20H23ClFN3O2. The number of fused-ring (bicyclic) bond motifs is 1. The summed E-state index contributed by atoms with van der Waals surface area (Å²) in [5, 5.41) is 7.27. The van der Waals surface area contributed by atoms with E-state index in [2.05, 4.69) is 15.6 Å². The van der Waals surface area contributed by atoms with Crippen LogP contribution in [0.1, 0.15) is 16.7 Å². The van der Waals surface area contributed by atoms with Crippen LogP contribution in [0.15, 0.2) is 41.4 Å². The molecule has 0 radical (unpaired) electrons. The van der Waals surface area contributed by atoms with E-state index in [4.69, 9.17) is 21.1 Å². The van der Waals surface area contributed by atoms with E-state index in [9.17, 15) is 4.39 Å². The Hall–Kier alpha value is -2.31. The zero-order valence-electron chi connectivity index (χ0n) is 15.2. The largest absolute Gasteiger partial charge is 0.467 e. The minimum atomic E-state index is -0.278. The average Bonchev–Trinajstić information content (AvgIpc) is 2.68. The third kappa shape index (κ3) is 5.34. The monoisotopic (exact) mass is 391 g/mol. The van der Waals surface area contributed by atoms with Gasteiger partial charge in [0.05, 0.1) is 6.61 Å². The number of rotatable bonds is 6. The van der Waals surface area contributed by atoms with Crippen molar-refractivity contribution in [1.29, 1.82) is 0 Å². The first-order chi connectivity index (χ1) is 13.2. The molecule has 2 aromatic carbocycles. The Labute approximate surface area is 163 Å². The van der Waals surface area contributed by atoms with E-state index < -0.39 is 0 Å². The first kappa shape index (κ1) is 19.5. The molecule has 27 heavy (non-hydrogen) atoms. The van der Waals surface area contributed by atoms with Crippen molar-refractivity contribution in [2.75, 3.05) is 26.9 Å². The number of aliphatic imine (C=N–C) groups is 1. The summed E-state index contributed by atoms with van der Waals surface area (Å²) < 4.78 is 24.5. The van der Waals surface area contributed by atoms with Crippen LogP contribution in [0, 0.1) is 5.82 Å². The van der Waals surface area contributed by atoms with Gasteiger partial charge < -0.3 is 20.1 Å². The van der Waals surface area contributed by atoms with Crippen molar-refractivity contribution >= 4 is 17.6 Å². The number of benzene rings is 2. The number of hydrogen-bond donors (Lipinski definition) is 2. The Morgan fingerprint density at radius 1 is 1.15 bits per heavy atom. The van der Waals surface area contributed by atoms with Crippen molar-refractivity contribution in [3.05, 3.63) is 63.9 Å². The van der Waals surface area contributed by atoms with Crippen LogP contribution >= 0.6 is 11.6 Å². The van der Waals surface area contributed by atoms with E-state index in [0.717, 1.165) is 33.9 Å². The summed E-state index contributed by atoms with van der Waals surface area (Å²) >= 11 is 6.17. The zero-order chi connectivity index (χ0) is 19.1. The van der Waals surface area contributed by atoms with Gasteiger partial charge in [0.2, 0.25) is 0 Å². The van der Waals surface area contributed by atoms with Gasteiger partial charge in [-0.3, -0.25) is 4.99 Å². The molecule has 0 aromatic heterocycles. The number of hydrogen-bond acceptors (Lipinski definition) is 3. The normalized spacial score (nSPS) is 13.7. The third-order valence-corrected chi connectivity index (χ3v) is 4.68. The second-order valence-electron chi connectivity index (χ2n) is 6.18. The van der Waals surface area contributed by atoms with Crippen LogP contribution in [0.4, 0.5) is 4.39 Å². The van der Waals surface area contributed by atoms with Gasteiger partial charge in [-0.05, 0) is 42.2 Å². The molecule has 1 heterocycles. The van der Waals surface area contributed by atoms with Crippen molar-refractivity contribution in [1.82, 2.24) is 10.6 Å². The smallest absolute Gasteiger partial charge is 0.190 e. The Balaban J connectivity index is 1.49. The molecule has 144 valence electrons. The van der Waals surface area contributed by atoms with Crippen molar-refractivity contribution in [2.45, 2.75) is 19.4 Å². The molecule has 5 nitrogen and oxygen atoms in total. The van der Waals surface area contributed by atoms with Gasteiger partial charge in [0.1, 0.15) is 11.6 Å². The third-order valence-electron chi connectivity index (χ3n) is 4.31. The Kier molecular flexibility index (Phi) is 6.90. The van der Waals surface area contributed by atoms with Gasteiger partial charge in [0.25, 0.3) is 0 Å². The lowest BCUT2D eigenvalue weighted by atomic mass is 10.1. The molecule has 0 saturated heterocycles. The second-order valence-corrected chi connectivity index (χ2v) is 6.59. The van der Waals surface area contributed by atoms with Crippen LogP contribution in [0.3, 0.4) is 0 Å². The van der Waals surface area contributed by atoms with E-state index in [1.165, 1.54) is 12.1 Å². The van der Waals surface area contributed by atoms with Crippen LogP contribution in [0.2, 0.25) is 5.02 Å². The molecule has 2 N–H and O–H groups in total. The molecule has 0 saturated carbocycles. The first-order valence-electron chi connectivity index (χ1n) is 8.87. The maximum Gasteiger partial charge on any atom is 0.190 e. The molecule has 1 aliphatic heterocycles. The fourth-order valence-electron chi connectivity index (χ4n) is 3.00. The molecular weight excluding hydrogens is 369 g/mol. The highest BCUT2D eigenvalue weighted by Gasteiger charge is 2.16. The van der Waals surface area contributed by atoms with Crippen molar-refractivity contribution < 1.29 is 13.9 Å². The highest BCUT2D eigenvalue weighted by Crippen LogP contribution is 2.29. The standard InChI is InChI=1S/C20H23ClFN3O2/c1-23-20(24-8-6-14-4-2-3-5-18(14)21)25-9-7-15-10-17(22)11-16-12-26-13-27-19(15)16/h2-5,10-11H,6-9,12-13H2,1H3,(H2,23,24,25). The van der Waals surface area contributed by atoms with Gasteiger partial charge in [-0.1, -0.05) is 29.8 Å². The fraction of sp³-hybridized carbons (Fsp3) is 0.350. The zero-order valence-corrected chi connectivity index (χ0v) is 16.0. The lowest BCUT2D eigenvalue weighted by molar-refractivity contribution is -0.0172. The van der Waals surface area contributed by atoms with E-state index in [1.54, 1.807) is 7.05 Å². The summed E-state index contributed by atoms with van der Waals surface area (Å²) in [6.45, 7) is 1.88. The van der Waals surface area contributed by atoms with Gasteiger partial charge in [-0.25, -0.2) is 4.39 Å². The van der Waals surface area contributed by atoms with Crippen molar-refractivity contribution in [3.63, 3.8) is 0 Å². The quantitative estimate of drug-likeness (QED) is 0.586.